The van der Waals surface area contributed by atoms with Crippen molar-refractivity contribution in [2.45, 2.75) is 31.3 Å². The predicted octanol–water partition coefficient (Wildman–Crippen LogP) is 3.35. The zero-order valence-corrected chi connectivity index (χ0v) is 15.0. The molecule has 1 aromatic carbocycles. The number of carbonyl (C=O) groups excluding carboxylic acids is 1. The normalized spacial score (nSPS) is 12.2. The van der Waals surface area contributed by atoms with Crippen LogP contribution in [0.4, 0.5) is 0 Å². The Hall–Kier alpha value is -0.630. The maximum atomic E-state index is 11.9. The zero-order valence-electron chi connectivity index (χ0n) is 11.9. The molecule has 0 spiro atoms. The Labute approximate surface area is 137 Å². The average molecular weight is 400 g/mol. The van der Waals surface area contributed by atoms with Gasteiger partial charge in [0.15, 0.2) is 0 Å². The summed E-state index contributed by atoms with van der Waals surface area (Å²) in [4.78, 5) is 11.7. The summed E-state index contributed by atoms with van der Waals surface area (Å²) >= 11 is 3.13. The van der Waals surface area contributed by atoms with Gasteiger partial charge in [-0.15, -0.1) is 0 Å². The van der Waals surface area contributed by atoms with Gasteiger partial charge in [-0.1, -0.05) is 15.9 Å². The standard InChI is InChI=1S/C13H16BrClO5S/c1-13(2,3)20-5-4-19-12(16)9-6-10(14)8-11(7-9)21(15,17)18/h6-8H,4-5H2,1-3H3. The maximum Gasteiger partial charge on any atom is 0.338 e. The van der Waals surface area contributed by atoms with E-state index in [2.05, 4.69) is 15.9 Å². The minimum absolute atomic E-state index is 0.0750. The number of rotatable bonds is 5. The summed E-state index contributed by atoms with van der Waals surface area (Å²) in [5.74, 6) is -0.643. The Morgan fingerprint density at radius 3 is 2.38 bits per heavy atom. The maximum absolute atomic E-state index is 11.9. The third kappa shape index (κ3) is 6.78. The molecule has 1 rings (SSSR count). The second kappa shape index (κ2) is 7.09. The van der Waals surface area contributed by atoms with Gasteiger partial charge in [0.1, 0.15) is 6.61 Å². The van der Waals surface area contributed by atoms with E-state index in [9.17, 15) is 13.2 Å². The summed E-state index contributed by atoms with van der Waals surface area (Å²) in [6.07, 6.45) is 0. The van der Waals surface area contributed by atoms with Gasteiger partial charge < -0.3 is 9.47 Å². The molecule has 0 aliphatic rings. The second-order valence-corrected chi connectivity index (χ2v) is 8.69. The highest BCUT2D eigenvalue weighted by molar-refractivity contribution is 9.10. The van der Waals surface area contributed by atoms with Crippen molar-refractivity contribution in [3.05, 3.63) is 28.2 Å². The summed E-state index contributed by atoms with van der Waals surface area (Å²) in [6.45, 7) is 6.00. The van der Waals surface area contributed by atoms with Crippen molar-refractivity contribution in [1.82, 2.24) is 0 Å². The molecule has 1 aromatic rings. The van der Waals surface area contributed by atoms with E-state index < -0.39 is 15.0 Å². The lowest BCUT2D eigenvalue weighted by atomic mass is 10.2. The quantitative estimate of drug-likeness (QED) is 0.431. The first-order valence-corrected chi connectivity index (χ1v) is 9.15. The number of benzene rings is 1. The number of halogens is 2. The van der Waals surface area contributed by atoms with Crippen LogP contribution in [-0.4, -0.2) is 33.2 Å². The Balaban J connectivity index is 2.73. The fourth-order valence-corrected chi connectivity index (χ4v) is 2.83. The largest absolute Gasteiger partial charge is 0.460 e. The molecule has 0 aliphatic heterocycles. The molecule has 0 saturated carbocycles. The number of esters is 1. The molecular weight excluding hydrogens is 384 g/mol. The van der Waals surface area contributed by atoms with Crippen LogP contribution in [0.2, 0.25) is 0 Å². The Morgan fingerprint density at radius 1 is 1.24 bits per heavy atom. The summed E-state index contributed by atoms with van der Waals surface area (Å²) in [7, 11) is 1.35. The van der Waals surface area contributed by atoms with Crippen molar-refractivity contribution >= 4 is 41.6 Å². The van der Waals surface area contributed by atoms with Crippen molar-refractivity contribution < 1.29 is 22.7 Å². The van der Waals surface area contributed by atoms with Gasteiger partial charge in [0, 0.05) is 15.2 Å². The monoisotopic (exact) mass is 398 g/mol. The SMILES string of the molecule is CC(C)(C)OCCOC(=O)c1cc(Br)cc(S(=O)(=O)Cl)c1. The molecule has 0 heterocycles. The molecule has 8 heteroatoms. The highest BCUT2D eigenvalue weighted by Gasteiger charge is 2.16. The number of hydrogen-bond acceptors (Lipinski definition) is 5. The third-order valence-electron chi connectivity index (χ3n) is 2.24. The lowest BCUT2D eigenvalue weighted by molar-refractivity contribution is -0.0281. The predicted molar refractivity (Wildman–Crippen MR) is 83.2 cm³/mol. The van der Waals surface area contributed by atoms with Crippen molar-refractivity contribution in [2.75, 3.05) is 13.2 Å². The lowest BCUT2D eigenvalue weighted by Crippen LogP contribution is -2.22. The van der Waals surface area contributed by atoms with Gasteiger partial charge in [-0.05, 0) is 39.0 Å². The van der Waals surface area contributed by atoms with Crippen LogP contribution < -0.4 is 0 Å². The second-order valence-electron chi connectivity index (χ2n) is 5.21. The van der Waals surface area contributed by atoms with Crippen LogP contribution in [0.15, 0.2) is 27.6 Å². The van der Waals surface area contributed by atoms with E-state index in [1.807, 2.05) is 20.8 Å². The smallest absolute Gasteiger partial charge is 0.338 e. The first-order chi connectivity index (χ1) is 9.49. The fraction of sp³-hybridized carbons (Fsp3) is 0.462. The molecule has 0 amide bonds. The van der Waals surface area contributed by atoms with Crippen molar-refractivity contribution in [2.24, 2.45) is 0 Å². The van der Waals surface area contributed by atoms with Crippen molar-refractivity contribution in [3.63, 3.8) is 0 Å². The minimum Gasteiger partial charge on any atom is -0.460 e. The fourth-order valence-electron chi connectivity index (χ4n) is 1.39. The van der Waals surface area contributed by atoms with Gasteiger partial charge in [0.05, 0.1) is 22.7 Å². The number of ether oxygens (including phenoxy) is 2. The van der Waals surface area contributed by atoms with Crippen molar-refractivity contribution in [1.29, 1.82) is 0 Å². The summed E-state index contributed by atoms with van der Waals surface area (Å²) in [5, 5.41) is 0. The van der Waals surface area contributed by atoms with Gasteiger partial charge in [-0.2, -0.15) is 0 Å². The van der Waals surface area contributed by atoms with Gasteiger partial charge in [0.2, 0.25) is 0 Å². The third-order valence-corrected chi connectivity index (χ3v) is 4.03. The van der Waals surface area contributed by atoms with E-state index in [0.29, 0.717) is 4.47 Å². The molecule has 5 nitrogen and oxygen atoms in total. The molecule has 0 bridgehead atoms. The van der Waals surface area contributed by atoms with E-state index in [0.717, 1.165) is 0 Å². The molecule has 0 radical (unpaired) electrons. The van der Waals surface area contributed by atoms with Crippen LogP contribution in [0.3, 0.4) is 0 Å². The summed E-state index contributed by atoms with van der Waals surface area (Å²) in [6, 6.07) is 3.93. The van der Waals surface area contributed by atoms with E-state index in [1.165, 1.54) is 18.2 Å². The van der Waals surface area contributed by atoms with Gasteiger partial charge in [-0.3, -0.25) is 0 Å². The molecule has 0 unspecified atom stereocenters. The molecule has 0 N–H and O–H groups in total. The van der Waals surface area contributed by atoms with E-state index >= 15 is 0 Å². The molecule has 0 atom stereocenters. The zero-order chi connectivity index (χ0) is 16.3. The van der Waals surface area contributed by atoms with Crippen LogP contribution in [-0.2, 0) is 18.5 Å². The molecule has 21 heavy (non-hydrogen) atoms. The first kappa shape index (κ1) is 18.4. The van der Waals surface area contributed by atoms with E-state index in [-0.39, 0.29) is 29.3 Å². The molecule has 0 aromatic heterocycles. The first-order valence-electron chi connectivity index (χ1n) is 6.05. The molecular formula is C13H16BrClO5S. The number of carbonyl (C=O) groups is 1. The molecule has 0 aliphatic carbocycles. The number of hydrogen-bond donors (Lipinski definition) is 0. The van der Waals surface area contributed by atoms with Crippen LogP contribution in [0.5, 0.6) is 0 Å². The van der Waals surface area contributed by atoms with Crippen LogP contribution in [0, 0.1) is 0 Å². The van der Waals surface area contributed by atoms with Gasteiger partial charge in [0.25, 0.3) is 9.05 Å². The van der Waals surface area contributed by atoms with Crippen LogP contribution >= 0.6 is 26.6 Å². The minimum atomic E-state index is -3.92. The van der Waals surface area contributed by atoms with E-state index in [4.69, 9.17) is 20.2 Å². The van der Waals surface area contributed by atoms with E-state index in [1.54, 1.807) is 0 Å². The van der Waals surface area contributed by atoms with Gasteiger partial charge in [-0.25, -0.2) is 13.2 Å². The highest BCUT2D eigenvalue weighted by atomic mass is 79.9. The Morgan fingerprint density at radius 2 is 1.86 bits per heavy atom. The molecule has 0 fully saturated rings. The Kier molecular flexibility index (Phi) is 6.22. The van der Waals surface area contributed by atoms with Crippen molar-refractivity contribution in [3.8, 4) is 0 Å². The highest BCUT2D eigenvalue weighted by Crippen LogP contribution is 2.22. The topological polar surface area (TPSA) is 69.7 Å². The molecule has 118 valence electrons. The lowest BCUT2D eigenvalue weighted by Gasteiger charge is -2.19. The van der Waals surface area contributed by atoms with Crippen LogP contribution in [0.25, 0.3) is 0 Å². The average Bonchev–Trinajstić information content (AvgIpc) is 2.31. The summed E-state index contributed by atoms with van der Waals surface area (Å²) in [5.41, 5.74) is -0.221. The summed E-state index contributed by atoms with van der Waals surface area (Å²) < 4.78 is 33.5. The Bertz CT molecular complexity index is 622. The molecule has 0 saturated heterocycles. The van der Waals surface area contributed by atoms with Crippen LogP contribution in [0.1, 0.15) is 31.1 Å². The van der Waals surface area contributed by atoms with Gasteiger partial charge >= 0.3 is 5.97 Å².